The molecule has 0 saturated carbocycles. The van der Waals surface area contributed by atoms with E-state index in [1.807, 2.05) is 48.7 Å². The number of fused-ring (bicyclic) bond motifs is 1. The Labute approximate surface area is 175 Å². The summed E-state index contributed by atoms with van der Waals surface area (Å²) in [6.07, 6.45) is 1.97. The maximum atomic E-state index is 12.2. The third-order valence-electron chi connectivity index (χ3n) is 4.81. The molecule has 0 aliphatic carbocycles. The van der Waals surface area contributed by atoms with Gasteiger partial charge in [0.1, 0.15) is 12.4 Å². The van der Waals surface area contributed by atoms with E-state index in [0.29, 0.717) is 13.2 Å². The summed E-state index contributed by atoms with van der Waals surface area (Å²) >= 11 is 0. The Morgan fingerprint density at radius 2 is 1.83 bits per heavy atom. The molecule has 3 aromatic rings. The van der Waals surface area contributed by atoms with Crippen molar-refractivity contribution in [2.45, 2.75) is 12.8 Å². The first kappa shape index (κ1) is 21.4. The lowest BCUT2D eigenvalue weighted by Gasteiger charge is -2.18. The van der Waals surface area contributed by atoms with Gasteiger partial charge in [0.15, 0.2) is 6.61 Å². The number of aromatic nitrogens is 1. The van der Waals surface area contributed by atoms with Crippen LogP contribution in [-0.4, -0.2) is 50.3 Å². The average Bonchev–Trinajstić information content (AvgIpc) is 3.21. The van der Waals surface area contributed by atoms with Gasteiger partial charge < -0.3 is 24.5 Å². The minimum atomic E-state index is -0.560. The highest BCUT2D eigenvalue weighted by Crippen LogP contribution is 2.31. The van der Waals surface area contributed by atoms with Crippen LogP contribution >= 0.6 is 0 Å². The number of hydrogen-bond acceptors (Lipinski definition) is 5. The number of carbonyl (C=O) groups excluding carboxylic acids is 2. The fraction of sp³-hybridized carbons (Fsp3) is 0.304. The van der Waals surface area contributed by atoms with Gasteiger partial charge in [-0.2, -0.15) is 0 Å². The number of ether oxygens (including phenoxy) is 3. The molecule has 7 nitrogen and oxygen atoms in total. The van der Waals surface area contributed by atoms with Crippen molar-refractivity contribution < 1.29 is 23.8 Å². The van der Waals surface area contributed by atoms with E-state index in [-0.39, 0.29) is 25.0 Å². The Morgan fingerprint density at radius 1 is 1.07 bits per heavy atom. The summed E-state index contributed by atoms with van der Waals surface area (Å²) in [5.74, 6) is -0.245. The Morgan fingerprint density at radius 3 is 2.57 bits per heavy atom. The number of nitrogens with one attached hydrogen (secondary N) is 2. The minimum absolute atomic E-state index is 0.0878. The molecule has 0 unspecified atom stereocenters. The van der Waals surface area contributed by atoms with Gasteiger partial charge in [0, 0.05) is 36.2 Å². The van der Waals surface area contributed by atoms with Gasteiger partial charge in [-0.05, 0) is 36.2 Å². The Hall–Kier alpha value is -3.32. The summed E-state index contributed by atoms with van der Waals surface area (Å²) in [4.78, 5) is 27.0. The molecule has 1 aromatic heterocycles. The van der Waals surface area contributed by atoms with Crippen molar-refractivity contribution in [1.82, 2.24) is 10.3 Å². The Bertz CT molecular complexity index is 981. The quantitative estimate of drug-likeness (QED) is 0.502. The smallest absolute Gasteiger partial charge is 0.332 e. The molecule has 1 amide bonds. The number of amides is 1. The van der Waals surface area contributed by atoms with Crippen molar-refractivity contribution in [3.63, 3.8) is 0 Å². The second kappa shape index (κ2) is 10.5. The molecule has 0 aliphatic rings. The van der Waals surface area contributed by atoms with E-state index in [9.17, 15) is 9.59 Å². The van der Waals surface area contributed by atoms with Crippen LogP contribution in [0.2, 0.25) is 0 Å². The number of hydrogen-bond donors (Lipinski definition) is 2. The molecule has 2 aromatic carbocycles. The van der Waals surface area contributed by atoms with Gasteiger partial charge in [-0.3, -0.25) is 4.79 Å². The minimum Gasteiger partial charge on any atom is -0.497 e. The van der Waals surface area contributed by atoms with E-state index in [1.54, 1.807) is 14.0 Å². The predicted molar refractivity (Wildman–Crippen MR) is 114 cm³/mol. The van der Waals surface area contributed by atoms with Crippen LogP contribution in [0.15, 0.2) is 54.7 Å². The van der Waals surface area contributed by atoms with E-state index in [4.69, 9.17) is 14.2 Å². The summed E-state index contributed by atoms with van der Waals surface area (Å²) < 4.78 is 15.2. The normalized spacial score (nSPS) is 11.8. The maximum Gasteiger partial charge on any atom is 0.332 e. The molecule has 0 saturated heterocycles. The first-order valence-electron chi connectivity index (χ1n) is 9.82. The lowest BCUT2D eigenvalue weighted by atomic mass is 9.91. The second-order valence-corrected chi connectivity index (χ2v) is 6.72. The molecular formula is C23H26N2O5. The first-order chi connectivity index (χ1) is 14.6. The molecule has 1 heterocycles. The molecule has 0 fully saturated rings. The fourth-order valence-electron chi connectivity index (χ4n) is 3.27. The SMILES string of the molecule is CCOCC(=O)OCC(=O)NC[C@@H](c1ccc(OC)cc1)c1c[nH]c2ccccc12. The van der Waals surface area contributed by atoms with E-state index < -0.39 is 5.97 Å². The third-order valence-corrected chi connectivity index (χ3v) is 4.81. The third kappa shape index (κ3) is 5.39. The highest BCUT2D eigenvalue weighted by Gasteiger charge is 2.19. The number of methoxy groups -OCH3 is 1. The summed E-state index contributed by atoms with van der Waals surface area (Å²) in [6, 6.07) is 15.8. The van der Waals surface area contributed by atoms with Crippen molar-refractivity contribution in [3.8, 4) is 5.75 Å². The number of aromatic amines is 1. The van der Waals surface area contributed by atoms with Crippen molar-refractivity contribution in [3.05, 3.63) is 65.9 Å². The zero-order chi connectivity index (χ0) is 21.3. The number of H-pyrrole nitrogens is 1. The molecule has 158 valence electrons. The lowest BCUT2D eigenvalue weighted by molar-refractivity contribution is -0.152. The molecule has 0 aliphatic heterocycles. The lowest BCUT2D eigenvalue weighted by Crippen LogP contribution is -2.33. The first-order valence-corrected chi connectivity index (χ1v) is 9.82. The van der Waals surface area contributed by atoms with E-state index >= 15 is 0 Å². The zero-order valence-corrected chi connectivity index (χ0v) is 17.1. The average molecular weight is 410 g/mol. The molecule has 1 atom stereocenters. The summed E-state index contributed by atoms with van der Waals surface area (Å²) in [7, 11) is 1.62. The van der Waals surface area contributed by atoms with Crippen molar-refractivity contribution in [2.24, 2.45) is 0 Å². The summed E-state index contributed by atoms with van der Waals surface area (Å²) in [5.41, 5.74) is 3.14. The zero-order valence-electron chi connectivity index (χ0n) is 17.1. The molecular weight excluding hydrogens is 384 g/mol. The predicted octanol–water partition coefficient (Wildman–Crippen LogP) is 3.00. The van der Waals surface area contributed by atoms with Gasteiger partial charge in [-0.25, -0.2) is 4.79 Å². The fourth-order valence-corrected chi connectivity index (χ4v) is 3.27. The van der Waals surface area contributed by atoms with Crippen LogP contribution in [0, 0.1) is 0 Å². The summed E-state index contributed by atoms with van der Waals surface area (Å²) in [5, 5.41) is 3.97. The topological polar surface area (TPSA) is 89.7 Å². The monoisotopic (exact) mass is 410 g/mol. The van der Waals surface area contributed by atoms with Crippen LogP contribution in [0.3, 0.4) is 0 Å². The van der Waals surface area contributed by atoms with Crippen LogP contribution in [0.5, 0.6) is 5.75 Å². The Balaban J connectivity index is 1.73. The van der Waals surface area contributed by atoms with Gasteiger partial charge in [0.05, 0.1) is 7.11 Å². The number of rotatable bonds is 10. The van der Waals surface area contributed by atoms with Gasteiger partial charge in [-0.15, -0.1) is 0 Å². The maximum absolute atomic E-state index is 12.2. The second-order valence-electron chi connectivity index (χ2n) is 6.72. The highest BCUT2D eigenvalue weighted by atomic mass is 16.6. The number of para-hydroxylation sites is 1. The van der Waals surface area contributed by atoms with Crippen LogP contribution in [0.1, 0.15) is 24.0 Å². The van der Waals surface area contributed by atoms with Crippen LogP contribution in [0.25, 0.3) is 10.9 Å². The van der Waals surface area contributed by atoms with Crippen molar-refractivity contribution in [1.29, 1.82) is 0 Å². The largest absolute Gasteiger partial charge is 0.497 e. The number of esters is 1. The van der Waals surface area contributed by atoms with Crippen LogP contribution in [-0.2, 0) is 19.1 Å². The highest BCUT2D eigenvalue weighted by molar-refractivity contribution is 5.84. The molecule has 0 radical (unpaired) electrons. The molecule has 2 N–H and O–H groups in total. The molecule has 7 heteroatoms. The standard InChI is InChI=1S/C23H26N2O5/c1-3-29-15-23(27)30-14-22(26)25-12-19(16-8-10-17(28-2)11-9-16)20-13-24-21-7-5-4-6-18(20)21/h4-11,13,19,24H,3,12,14-15H2,1-2H3,(H,25,26)/t19-/m0/s1. The van der Waals surface area contributed by atoms with Gasteiger partial charge in [0.2, 0.25) is 0 Å². The molecule has 3 rings (SSSR count). The van der Waals surface area contributed by atoms with Crippen molar-refractivity contribution >= 4 is 22.8 Å². The number of carbonyl (C=O) groups is 2. The molecule has 0 bridgehead atoms. The molecule has 0 spiro atoms. The Kier molecular flexibility index (Phi) is 7.45. The van der Waals surface area contributed by atoms with E-state index in [1.165, 1.54) is 0 Å². The van der Waals surface area contributed by atoms with E-state index in [0.717, 1.165) is 27.8 Å². The van der Waals surface area contributed by atoms with E-state index in [2.05, 4.69) is 16.4 Å². The van der Waals surface area contributed by atoms with Crippen LogP contribution in [0.4, 0.5) is 0 Å². The van der Waals surface area contributed by atoms with Gasteiger partial charge in [0.25, 0.3) is 5.91 Å². The van der Waals surface area contributed by atoms with Crippen LogP contribution < -0.4 is 10.1 Å². The van der Waals surface area contributed by atoms with Crippen molar-refractivity contribution in [2.75, 3.05) is 33.5 Å². The van der Waals surface area contributed by atoms with Gasteiger partial charge in [-0.1, -0.05) is 30.3 Å². The summed E-state index contributed by atoms with van der Waals surface area (Å²) in [6.45, 7) is 2.05. The molecule has 30 heavy (non-hydrogen) atoms. The van der Waals surface area contributed by atoms with Gasteiger partial charge >= 0.3 is 5.97 Å². The number of benzene rings is 2.